The van der Waals surface area contributed by atoms with E-state index in [9.17, 15) is 0 Å². The molecule has 72 heavy (non-hydrogen) atoms. The maximum Gasteiger partial charge on any atom is 0.113 e. The third kappa shape index (κ3) is 9.08. The van der Waals surface area contributed by atoms with E-state index < -0.39 is 0 Å². The molecule has 16 nitrogen and oxygen atoms in total. The maximum atomic E-state index is 9.03. The van der Waals surface area contributed by atoms with Gasteiger partial charge in [-0.1, -0.05) is 148 Å². The Morgan fingerprint density at radius 3 is 1.10 bits per heavy atom. The van der Waals surface area contributed by atoms with Crippen LogP contribution in [0, 0.1) is 0 Å². The second kappa shape index (κ2) is 19.8. The molecule has 8 bridgehead atoms. The molecule has 0 fully saturated rings. The quantitative estimate of drug-likeness (QED) is 0.0652. The van der Waals surface area contributed by atoms with Crippen molar-refractivity contribution in [2.45, 2.75) is 26.2 Å². The van der Waals surface area contributed by atoms with Gasteiger partial charge in [0.2, 0.25) is 0 Å². The fourth-order valence-corrected chi connectivity index (χ4v) is 9.17. The smallest absolute Gasteiger partial charge is 0.113 e. The van der Waals surface area contributed by atoms with E-state index in [1.165, 1.54) is 0 Å². The Morgan fingerprint density at radius 1 is 0.403 bits per heavy atom. The molecule has 2 aliphatic heterocycles. The standard InChI is InChI=1S/C56H40N16/c57-68-60-30-35-6-14-40(15-7-35)53-44-22-24-46(63-44)54(41-16-8-36(9-17-41)31-61-69-58)48-26-28-50(65-48)56(43-20-12-38(13-21-43)33-72-34-52(67-71-72)39-4-2-1-3-5-39)51-29-27-49(66-51)55(47-25-23-45(53)64-47)42-18-10-37(11-19-42)32-62-70-59/h1-29,34,63,66H,30-33H2. The first-order chi connectivity index (χ1) is 35.5. The van der Waals surface area contributed by atoms with Crippen LogP contribution in [0.1, 0.15) is 45.0 Å². The number of H-pyrrole nitrogens is 2. The molecule has 11 rings (SSSR count). The van der Waals surface area contributed by atoms with Gasteiger partial charge in [-0.25, -0.2) is 14.6 Å². The SMILES string of the molecule is [N-]=[N+]=NCc1ccc(-c2c3nc(c(-c4ccc(CN=[N+]=[N-])cc4)c4ccc([nH]4)c(-c4ccc(Cn5cc(-c6ccccc6)nn5)cc4)c4nc(c(-c5ccc(CN=[N+]=[N-])cc5)c5ccc2[nH]5)C=C4)C=C3)cc1. The van der Waals surface area contributed by atoms with E-state index in [2.05, 4.69) is 111 Å². The van der Waals surface area contributed by atoms with Crippen molar-refractivity contribution >= 4 is 46.4 Å². The van der Waals surface area contributed by atoms with Gasteiger partial charge in [0.25, 0.3) is 0 Å². The lowest BCUT2D eigenvalue weighted by molar-refractivity contribution is 0.650. The normalized spacial score (nSPS) is 11.4. The van der Waals surface area contributed by atoms with E-state index in [4.69, 9.17) is 26.6 Å². The first-order valence-corrected chi connectivity index (χ1v) is 23.0. The first kappa shape index (κ1) is 44.3. The molecule has 0 aliphatic carbocycles. The van der Waals surface area contributed by atoms with Crippen LogP contribution in [0.5, 0.6) is 0 Å². The summed E-state index contributed by atoms with van der Waals surface area (Å²) in [6, 6.07) is 50.8. The van der Waals surface area contributed by atoms with Crippen LogP contribution in [0.25, 0.3) is 133 Å². The molecule has 2 aliphatic rings. The van der Waals surface area contributed by atoms with Gasteiger partial charge in [-0.2, -0.15) is 0 Å². The predicted octanol–water partition coefficient (Wildman–Crippen LogP) is 15.1. The van der Waals surface area contributed by atoms with E-state index in [-0.39, 0.29) is 19.6 Å². The van der Waals surface area contributed by atoms with Crippen LogP contribution < -0.4 is 0 Å². The van der Waals surface area contributed by atoms with Crippen molar-refractivity contribution in [1.29, 1.82) is 0 Å². The monoisotopic (exact) mass is 936 g/mol. The molecule has 0 unspecified atom stereocenters. The van der Waals surface area contributed by atoms with Gasteiger partial charge < -0.3 is 9.97 Å². The average molecular weight is 937 g/mol. The van der Waals surface area contributed by atoms with Crippen LogP contribution >= 0.6 is 0 Å². The molecule has 0 saturated carbocycles. The Balaban J connectivity index is 1.15. The topological polar surface area (TPSA) is 234 Å². The number of aromatic amines is 2. The lowest BCUT2D eigenvalue weighted by Gasteiger charge is -2.08. The van der Waals surface area contributed by atoms with E-state index in [0.29, 0.717) is 6.54 Å². The predicted molar refractivity (Wildman–Crippen MR) is 284 cm³/mol. The number of azide groups is 3. The number of aromatic nitrogens is 7. The van der Waals surface area contributed by atoms with Gasteiger partial charge in [0.1, 0.15) is 5.69 Å². The zero-order valence-corrected chi connectivity index (χ0v) is 38.4. The summed E-state index contributed by atoms with van der Waals surface area (Å²) in [6.45, 7) is 1.23. The van der Waals surface area contributed by atoms with E-state index in [0.717, 1.165) is 123 Å². The van der Waals surface area contributed by atoms with Crippen molar-refractivity contribution in [3.8, 4) is 55.8 Å². The summed E-state index contributed by atoms with van der Waals surface area (Å²) >= 11 is 0. The van der Waals surface area contributed by atoms with Gasteiger partial charge >= 0.3 is 0 Å². The third-order valence-corrected chi connectivity index (χ3v) is 12.6. The molecule has 9 aromatic rings. The highest BCUT2D eigenvalue weighted by Crippen LogP contribution is 2.39. The van der Waals surface area contributed by atoms with Crippen molar-refractivity contribution in [2.24, 2.45) is 15.3 Å². The highest BCUT2D eigenvalue weighted by Gasteiger charge is 2.20. The third-order valence-electron chi connectivity index (χ3n) is 12.6. The van der Waals surface area contributed by atoms with Gasteiger partial charge in [0.15, 0.2) is 0 Å². The molecule has 5 aromatic carbocycles. The number of rotatable bonds is 13. The Kier molecular flexibility index (Phi) is 12.2. The number of hydrogen-bond acceptors (Lipinski definition) is 7. The summed E-state index contributed by atoms with van der Waals surface area (Å²) in [7, 11) is 0. The molecule has 0 atom stereocenters. The molecule has 0 radical (unpaired) electrons. The lowest BCUT2D eigenvalue weighted by atomic mass is 10.0. The van der Waals surface area contributed by atoms with Gasteiger partial charge in [0.05, 0.1) is 55.2 Å². The lowest BCUT2D eigenvalue weighted by Crippen LogP contribution is -2.00. The Hall–Kier alpha value is -10.2. The fraction of sp³-hybridized carbons (Fsp3) is 0.0714. The van der Waals surface area contributed by atoms with Crippen LogP contribution in [0.4, 0.5) is 0 Å². The number of hydrogen-bond donors (Lipinski definition) is 2. The summed E-state index contributed by atoms with van der Waals surface area (Å²) in [5, 5.41) is 20.2. The zero-order chi connectivity index (χ0) is 48.8. The van der Waals surface area contributed by atoms with Crippen molar-refractivity contribution in [3.63, 3.8) is 0 Å². The minimum absolute atomic E-state index is 0.231. The summed E-state index contributed by atoms with van der Waals surface area (Å²) in [5.41, 5.74) is 46.1. The number of nitrogens with zero attached hydrogens (tertiary/aromatic N) is 14. The second-order valence-electron chi connectivity index (χ2n) is 17.1. The molecular formula is C56H40N16. The van der Waals surface area contributed by atoms with Crippen molar-refractivity contribution in [1.82, 2.24) is 34.9 Å². The Bertz CT molecular complexity index is 3840. The molecule has 4 aromatic heterocycles. The summed E-state index contributed by atoms with van der Waals surface area (Å²) < 4.78 is 1.85. The van der Waals surface area contributed by atoms with E-state index in [1.807, 2.05) is 126 Å². The first-order valence-electron chi connectivity index (χ1n) is 23.0. The molecule has 0 spiro atoms. The van der Waals surface area contributed by atoms with Crippen LogP contribution in [0.3, 0.4) is 0 Å². The highest BCUT2D eigenvalue weighted by atomic mass is 15.4. The molecular weight excluding hydrogens is 897 g/mol. The second-order valence-corrected chi connectivity index (χ2v) is 17.1. The maximum absolute atomic E-state index is 9.03. The highest BCUT2D eigenvalue weighted by molar-refractivity contribution is 6.00. The number of nitrogens with one attached hydrogen (secondary N) is 2. The Morgan fingerprint density at radius 2 is 0.750 bits per heavy atom. The van der Waals surface area contributed by atoms with Crippen molar-refractivity contribution < 1.29 is 0 Å². The van der Waals surface area contributed by atoms with Gasteiger partial charge in [-0.05, 0) is 110 Å². The van der Waals surface area contributed by atoms with E-state index >= 15 is 0 Å². The molecule has 16 heteroatoms. The molecule has 6 heterocycles. The van der Waals surface area contributed by atoms with Crippen molar-refractivity contribution in [2.75, 3.05) is 0 Å². The van der Waals surface area contributed by atoms with E-state index in [1.54, 1.807) is 0 Å². The zero-order valence-electron chi connectivity index (χ0n) is 38.4. The van der Waals surface area contributed by atoms with Crippen molar-refractivity contribution in [3.05, 3.63) is 234 Å². The van der Waals surface area contributed by atoms with Gasteiger partial charge in [-0.15, -0.1) is 5.10 Å². The molecule has 0 saturated heterocycles. The average Bonchev–Trinajstić information content (AvgIpc) is 4.31. The van der Waals surface area contributed by atoms with Gasteiger partial charge in [-0.3, -0.25) is 0 Å². The van der Waals surface area contributed by atoms with Crippen LogP contribution in [0.15, 0.2) is 173 Å². The molecule has 2 N–H and O–H groups in total. The summed E-state index contributed by atoms with van der Waals surface area (Å²) in [6.07, 6.45) is 10.2. The van der Waals surface area contributed by atoms with Crippen LogP contribution in [0.2, 0.25) is 0 Å². The largest absolute Gasteiger partial charge is 0.354 e. The summed E-state index contributed by atoms with van der Waals surface area (Å²) in [5.74, 6) is 0. The molecule has 344 valence electrons. The number of benzene rings is 5. The minimum Gasteiger partial charge on any atom is -0.354 e. The Labute approximate surface area is 411 Å². The number of fused-ring (bicyclic) bond motifs is 8. The fourth-order valence-electron chi connectivity index (χ4n) is 9.17. The summed E-state index contributed by atoms with van der Waals surface area (Å²) in [4.78, 5) is 27.3. The van der Waals surface area contributed by atoms with Gasteiger partial charge in [0, 0.05) is 64.6 Å². The van der Waals surface area contributed by atoms with Crippen LogP contribution in [-0.2, 0) is 26.2 Å². The molecule has 0 amide bonds. The minimum atomic E-state index is 0.231. The van der Waals surface area contributed by atoms with Crippen LogP contribution in [-0.4, -0.2) is 34.9 Å².